The number of fused-ring (bicyclic) bond motifs is 3. The van der Waals surface area contributed by atoms with E-state index in [-0.39, 0.29) is 11.3 Å². The van der Waals surface area contributed by atoms with Crippen molar-refractivity contribution in [3.63, 3.8) is 0 Å². The van der Waals surface area contributed by atoms with Crippen LogP contribution in [0.3, 0.4) is 0 Å². The average Bonchev–Trinajstić information content (AvgIpc) is 2.93. The van der Waals surface area contributed by atoms with Gasteiger partial charge in [0.15, 0.2) is 23.9 Å². The van der Waals surface area contributed by atoms with Crippen molar-refractivity contribution in [2.24, 2.45) is 0 Å². The summed E-state index contributed by atoms with van der Waals surface area (Å²) in [5.74, 6) is 1.07. The van der Waals surface area contributed by atoms with Gasteiger partial charge in [-0.25, -0.2) is 0 Å². The lowest BCUT2D eigenvalue weighted by atomic mass is 9.95. The molecule has 1 aliphatic rings. The van der Waals surface area contributed by atoms with Gasteiger partial charge in [-0.2, -0.15) is 13.2 Å². The molecule has 0 saturated heterocycles. The van der Waals surface area contributed by atoms with E-state index in [1.54, 1.807) is 13.0 Å². The largest absolute Gasteiger partial charge is 0.493 e. The molecule has 0 fully saturated rings. The Morgan fingerprint density at radius 1 is 0.900 bits per heavy atom. The Bertz CT molecular complexity index is 1020. The first-order chi connectivity index (χ1) is 14.2. The standard InChI is InChI=1S/C22H23F3O5/c1-12-8-15-13(9-16(19(12)26)30-11-22(23,24)25)6-5-7-14-10-17(27-2)20(28-3)21(29-4)18(14)15/h8-10H,5-7,11H2,1-4H3. The third-order valence-electron chi connectivity index (χ3n) is 5.06. The summed E-state index contributed by atoms with van der Waals surface area (Å²) < 4.78 is 59.4. The number of benzene rings is 1. The van der Waals surface area contributed by atoms with Crippen LogP contribution >= 0.6 is 0 Å². The zero-order valence-electron chi connectivity index (χ0n) is 17.2. The molecule has 0 N–H and O–H groups in total. The molecule has 30 heavy (non-hydrogen) atoms. The van der Waals surface area contributed by atoms with E-state index in [1.165, 1.54) is 27.4 Å². The molecule has 0 spiro atoms. The Hall–Kier alpha value is -2.90. The van der Waals surface area contributed by atoms with E-state index >= 15 is 0 Å². The second kappa shape index (κ2) is 8.45. The molecule has 0 aromatic heterocycles. The topological polar surface area (TPSA) is 54.0 Å². The van der Waals surface area contributed by atoms with E-state index in [1.807, 2.05) is 6.07 Å². The van der Waals surface area contributed by atoms with Gasteiger partial charge in [0.1, 0.15) is 0 Å². The van der Waals surface area contributed by atoms with Crippen LogP contribution in [0.5, 0.6) is 23.0 Å². The summed E-state index contributed by atoms with van der Waals surface area (Å²) in [7, 11) is 4.54. The van der Waals surface area contributed by atoms with Crippen LogP contribution in [0.4, 0.5) is 13.2 Å². The molecule has 0 heterocycles. The number of aryl methyl sites for hydroxylation is 3. The molecule has 8 heteroatoms. The van der Waals surface area contributed by atoms with Gasteiger partial charge in [-0.3, -0.25) is 4.79 Å². The highest BCUT2D eigenvalue weighted by atomic mass is 19.4. The molecule has 0 radical (unpaired) electrons. The predicted octanol–water partition coefficient (Wildman–Crippen LogP) is 4.48. The number of halogens is 3. The van der Waals surface area contributed by atoms with Gasteiger partial charge in [0.05, 0.1) is 21.3 Å². The zero-order valence-corrected chi connectivity index (χ0v) is 17.2. The summed E-state index contributed by atoms with van der Waals surface area (Å²) in [6, 6.07) is 4.96. The fourth-order valence-electron chi connectivity index (χ4n) is 3.75. The molecule has 3 rings (SSSR count). The summed E-state index contributed by atoms with van der Waals surface area (Å²) in [5, 5.41) is 0. The molecule has 0 aliphatic heterocycles. The summed E-state index contributed by atoms with van der Waals surface area (Å²) >= 11 is 0. The van der Waals surface area contributed by atoms with Gasteiger partial charge in [-0.15, -0.1) is 0 Å². The van der Waals surface area contributed by atoms with Crippen molar-refractivity contribution in [3.8, 4) is 34.1 Å². The summed E-state index contributed by atoms with van der Waals surface area (Å²) in [4.78, 5) is 12.6. The maximum atomic E-state index is 12.7. The fraction of sp³-hybridized carbons (Fsp3) is 0.409. The van der Waals surface area contributed by atoms with Crippen molar-refractivity contribution in [3.05, 3.63) is 45.1 Å². The first kappa shape index (κ1) is 21.8. The Labute approximate surface area is 172 Å². The zero-order chi connectivity index (χ0) is 22.1. The van der Waals surface area contributed by atoms with Crippen LogP contribution in [0.15, 0.2) is 23.0 Å². The van der Waals surface area contributed by atoms with E-state index in [0.29, 0.717) is 41.2 Å². The highest BCUT2D eigenvalue weighted by Crippen LogP contribution is 2.49. The Kier molecular flexibility index (Phi) is 6.14. The van der Waals surface area contributed by atoms with Gasteiger partial charge in [-0.05, 0) is 61.1 Å². The number of hydrogen-bond donors (Lipinski definition) is 0. The van der Waals surface area contributed by atoms with Crippen LogP contribution in [0.25, 0.3) is 11.1 Å². The molecule has 0 amide bonds. The first-order valence-electron chi connectivity index (χ1n) is 9.39. The van der Waals surface area contributed by atoms with E-state index in [0.717, 1.165) is 17.5 Å². The van der Waals surface area contributed by atoms with Gasteiger partial charge in [0, 0.05) is 11.1 Å². The number of methoxy groups -OCH3 is 3. The lowest BCUT2D eigenvalue weighted by Crippen LogP contribution is -2.21. The summed E-state index contributed by atoms with van der Waals surface area (Å²) in [6.45, 7) is 0.0340. The Morgan fingerprint density at radius 2 is 1.53 bits per heavy atom. The predicted molar refractivity (Wildman–Crippen MR) is 106 cm³/mol. The average molecular weight is 424 g/mol. The Morgan fingerprint density at radius 3 is 2.13 bits per heavy atom. The van der Waals surface area contributed by atoms with E-state index < -0.39 is 18.2 Å². The number of hydrogen-bond acceptors (Lipinski definition) is 5. The van der Waals surface area contributed by atoms with E-state index in [4.69, 9.17) is 18.9 Å². The molecule has 2 aromatic carbocycles. The number of ether oxygens (including phenoxy) is 4. The monoisotopic (exact) mass is 424 g/mol. The third-order valence-corrected chi connectivity index (χ3v) is 5.06. The first-order valence-corrected chi connectivity index (χ1v) is 9.39. The van der Waals surface area contributed by atoms with Crippen molar-refractivity contribution in [1.29, 1.82) is 0 Å². The van der Waals surface area contributed by atoms with Crippen molar-refractivity contribution in [1.82, 2.24) is 0 Å². The minimum atomic E-state index is -4.54. The second-order valence-corrected chi connectivity index (χ2v) is 7.04. The minimum absolute atomic E-state index is 0.276. The number of rotatable bonds is 5. The highest BCUT2D eigenvalue weighted by molar-refractivity contribution is 5.82. The molecule has 2 aromatic rings. The lowest BCUT2D eigenvalue weighted by Gasteiger charge is -2.19. The van der Waals surface area contributed by atoms with Crippen LogP contribution in [-0.2, 0) is 12.8 Å². The molecule has 0 atom stereocenters. The second-order valence-electron chi connectivity index (χ2n) is 7.04. The third kappa shape index (κ3) is 4.17. The van der Waals surface area contributed by atoms with Crippen LogP contribution < -0.4 is 24.4 Å². The van der Waals surface area contributed by atoms with Crippen LogP contribution in [0, 0.1) is 6.92 Å². The van der Waals surface area contributed by atoms with E-state index in [2.05, 4.69) is 0 Å². The fourth-order valence-corrected chi connectivity index (χ4v) is 3.75. The van der Waals surface area contributed by atoms with Gasteiger partial charge in [0.25, 0.3) is 0 Å². The van der Waals surface area contributed by atoms with E-state index in [9.17, 15) is 18.0 Å². The quantitative estimate of drug-likeness (QED) is 0.709. The normalized spacial score (nSPS) is 13.0. The van der Waals surface area contributed by atoms with Crippen LogP contribution in [0.1, 0.15) is 23.1 Å². The molecular formula is C22H23F3O5. The molecule has 0 saturated carbocycles. The lowest BCUT2D eigenvalue weighted by molar-refractivity contribution is -0.153. The molecule has 162 valence electrons. The molecule has 5 nitrogen and oxygen atoms in total. The summed E-state index contributed by atoms with van der Waals surface area (Å²) in [6.07, 6.45) is -2.54. The van der Waals surface area contributed by atoms with Gasteiger partial charge in [0.2, 0.25) is 11.2 Å². The molecule has 1 aliphatic carbocycles. The van der Waals surface area contributed by atoms with Crippen molar-refractivity contribution < 1.29 is 32.1 Å². The number of alkyl halides is 3. The Balaban J connectivity index is 2.30. The highest BCUT2D eigenvalue weighted by Gasteiger charge is 2.30. The van der Waals surface area contributed by atoms with Crippen molar-refractivity contribution in [2.75, 3.05) is 27.9 Å². The maximum absolute atomic E-state index is 12.7. The maximum Gasteiger partial charge on any atom is 0.422 e. The molecule has 0 bridgehead atoms. The molecule has 0 unspecified atom stereocenters. The van der Waals surface area contributed by atoms with Crippen LogP contribution in [-0.4, -0.2) is 34.1 Å². The van der Waals surface area contributed by atoms with Crippen LogP contribution in [0.2, 0.25) is 0 Å². The van der Waals surface area contributed by atoms with Crippen molar-refractivity contribution in [2.45, 2.75) is 32.4 Å². The smallest absolute Gasteiger partial charge is 0.422 e. The SMILES string of the molecule is COc1cc2c(c(OC)c1OC)-c1cc(C)c(=O)c(OCC(F)(F)F)cc1CCC2. The van der Waals surface area contributed by atoms with Gasteiger partial charge < -0.3 is 18.9 Å². The van der Waals surface area contributed by atoms with Crippen molar-refractivity contribution >= 4 is 0 Å². The summed E-state index contributed by atoms with van der Waals surface area (Å²) in [5.41, 5.74) is 2.80. The molecular weight excluding hydrogens is 401 g/mol. The van der Waals surface area contributed by atoms with Gasteiger partial charge >= 0.3 is 6.18 Å². The van der Waals surface area contributed by atoms with Gasteiger partial charge in [-0.1, -0.05) is 0 Å². The minimum Gasteiger partial charge on any atom is -0.493 e.